The van der Waals surface area contributed by atoms with Gasteiger partial charge in [0.15, 0.2) is 6.10 Å². The van der Waals surface area contributed by atoms with Crippen LogP contribution in [0.5, 0.6) is 0 Å². The molecular formula is C13H24NaO5. The van der Waals surface area contributed by atoms with E-state index in [1.165, 1.54) is 19.3 Å². The van der Waals surface area contributed by atoms with Crippen LogP contribution in [0.4, 0.5) is 0 Å². The summed E-state index contributed by atoms with van der Waals surface area (Å²) in [6.45, 7) is 2.45. The number of aliphatic carboxylic acids is 1. The van der Waals surface area contributed by atoms with E-state index in [9.17, 15) is 14.7 Å². The predicted octanol–water partition coefficient (Wildman–Crippen LogP) is 1.74. The minimum absolute atomic E-state index is 0. The van der Waals surface area contributed by atoms with E-state index in [2.05, 4.69) is 6.92 Å². The smallest absolute Gasteiger partial charge is 0.334 e. The van der Waals surface area contributed by atoms with Crippen molar-refractivity contribution in [1.82, 2.24) is 0 Å². The van der Waals surface area contributed by atoms with Crippen molar-refractivity contribution < 1.29 is 24.5 Å². The quantitative estimate of drug-likeness (QED) is 0.343. The Bertz CT molecular complexity index is 245. The second-order valence-electron chi connectivity index (χ2n) is 4.38. The number of hydrogen-bond acceptors (Lipinski definition) is 4. The van der Waals surface area contributed by atoms with Gasteiger partial charge in [-0.05, 0) is 12.8 Å². The molecule has 6 heteroatoms. The maximum absolute atomic E-state index is 11.2. The normalized spacial score (nSPS) is 11.5. The number of aliphatic hydroxyl groups excluding tert-OH is 1. The number of carboxylic acid groups (broad SMARTS) is 1. The van der Waals surface area contributed by atoms with Gasteiger partial charge in [0, 0.05) is 36.0 Å². The van der Waals surface area contributed by atoms with Crippen LogP contribution in [0.15, 0.2) is 0 Å². The molecular weight excluding hydrogens is 259 g/mol. The summed E-state index contributed by atoms with van der Waals surface area (Å²) < 4.78 is 4.86. The summed E-state index contributed by atoms with van der Waals surface area (Å²) in [5, 5.41) is 17.7. The van der Waals surface area contributed by atoms with Gasteiger partial charge in [-0.15, -0.1) is 0 Å². The molecule has 0 rings (SSSR count). The van der Waals surface area contributed by atoms with Crippen molar-refractivity contribution in [3.63, 3.8) is 0 Å². The van der Waals surface area contributed by atoms with E-state index < -0.39 is 18.0 Å². The minimum atomic E-state index is -1.32. The molecule has 0 saturated heterocycles. The van der Waals surface area contributed by atoms with Crippen molar-refractivity contribution in [3.05, 3.63) is 0 Å². The van der Waals surface area contributed by atoms with E-state index >= 15 is 0 Å². The molecule has 0 aromatic carbocycles. The fourth-order valence-electron chi connectivity index (χ4n) is 1.53. The Labute approximate surface area is 137 Å². The molecule has 0 unspecified atom stereocenters. The first-order valence-electron chi connectivity index (χ1n) is 6.64. The van der Waals surface area contributed by atoms with Gasteiger partial charge < -0.3 is 14.9 Å². The van der Waals surface area contributed by atoms with Gasteiger partial charge in [-0.2, -0.15) is 0 Å². The maximum atomic E-state index is 11.2. The molecule has 0 spiro atoms. The third-order valence-electron chi connectivity index (χ3n) is 2.65. The van der Waals surface area contributed by atoms with Crippen molar-refractivity contribution in [3.8, 4) is 0 Å². The number of carboxylic acids is 1. The zero-order valence-corrected chi connectivity index (χ0v) is 14.1. The van der Waals surface area contributed by atoms with Crippen molar-refractivity contribution >= 4 is 41.5 Å². The van der Waals surface area contributed by atoms with E-state index in [-0.39, 0.29) is 42.4 Å². The summed E-state index contributed by atoms with van der Waals surface area (Å²) in [6, 6.07) is 0. The number of rotatable bonds is 11. The fraction of sp³-hybridized carbons (Fsp3) is 0.846. The summed E-state index contributed by atoms with van der Waals surface area (Å²) in [6.07, 6.45) is 4.93. The van der Waals surface area contributed by atoms with E-state index in [0.717, 1.165) is 19.3 Å². The molecule has 0 bridgehead atoms. The first kappa shape index (κ1) is 21.2. The van der Waals surface area contributed by atoms with Gasteiger partial charge in [-0.1, -0.05) is 39.0 Å². The van der Waals surface area contributed by atoms with Crippen LogP contribution in [0.25, 0.3) is 0 Å². The first-order chi connectivity index (χ1) is 8.57. The van der Waals surface area contributed by atoms with Crippen LogP contribution in [0.3, 0.4) is 0 Å². The summed E-state index contributed by atoms with van der Waals surface area (Å²) >= 11 is 0. The third kappa shape index (κ3) is 14.1. The molecule has 19 heavy (non-hydrogen) atoms. The zero-order chi connectivity index (χ0) is 13.8. The Morgan fingerprint density at radius 2 is 1.68 bits per heavy atom. The molecule has 0 aliphatic heterocycles. The van der Waals surface area contributed by atoms with Gasteiger partial charge >= 0.3 is 11.9 Å². The van der Waals surface area contributed by atoms with Crippen LogP contribution in [-0.2, 0) is 14.3 Å². The van der Waals surface area contributed by atoms with Crippen LogP contribution in [0.2, 0.25) is 0 Å². The molecule has 2 N–H and O–H groups in total. The van der Waals surface area contributed by atoms with Crippen molar-refractivity contribution in [2.75, 3.05) is 6.61 Å². The summed E-state index contributed by atoms with van der Waals surface area (Å²) in [5.74, 6) is -1.75. The monoisotopic (exact) mass is 283 g/mol. The number of ether oxygens (including phenoxy) is 1. The minimum Gasteiger partial charge on any atom is -0.481 e. The van der Waals surface area contributed by atoms with Gasteiger partial charge in [0.25, 0.3) is 0 Å². The Hall–Kier alpha value is -0.100. The molecule has 0 fully saturated rings. The number of esters is 1. The van der Waals surface area contributed by atoms with E-state index in [0.29, 0.717) is 6.61 Å². The molecule has 0 aliphatic carbocycles. The first-order valence-corrected chi connectivity index (χ1v) is 6.64. The summed E-state index contributed by atoms with van der Waals surface area (Å²) in [5.41, 5.74) is 0. The molecule has 1 atom stereocenters. The second kappa shape index (κ2) is 14.3. The average molecular weight is 283 g/mol. The zero-order valence-electron chi connectivity index (χ0n) is 12.1. The molecule has 0 aromatic rings. The second-order valence-corrected chi connectivity index (χ2v) is 4.38. The predicted molar refractivity (Wildman–Crippen MR) is 73.0 cm³/mol. The Kier molecular flexibility index (Phi) is 16.0. The van der Waals surface area contributed by atoms with Crippen molar-refractivity contribution in [1.29, 1.82) is 0 Å². The summed E-state index contributed by atoms with van der Waals surface area (Å²) in [7, 11) is 0. The van der Waals surface area contributed by atoms with Gasteiger partial charge in [-0.3, -0.25) is 4.79 Å². The Morgan fingerprint density at radius 3 is 2.26 bits per heavy atom. The largest absolute Gasteiger partial charge is 0.481 e. The van der Waals surface area contributed by atoms with Crippen molar-refractivity contribution in [2.45, 2.75) is 64.4 Å². The standard InChI is InChI=1S/C13H24O5.Na/c1-2-3-4-5-6-7-10-18-13(17)11(14)8-9-12(15)16;/h11,14H,2-10H2,1H3,(H,15,16);/t11-;/m1./s1. The van der Waals surface area contributed by atoms with Crippen molar-refractivity contribution in [2.24, 2.45) is 0 Å². The van der Waals surface area contributed by atoms with Gasteiger partial charge in [-0.25, -0.2) is 4.79 Å². The third-order valence-corrected chi connectivity index (χ3v) is 2.65. The van der Waals surface area contributed by atoms with Gasteiger partial charge in [0.05, 0.1) is 6.61 Å². The number of hydrogen-bond donors (Lipinski definition) is 2. The van der Waals surface area contributed by atoms with Crippen LogP contribution in [0, 0.1) is 0 Å². The van der Waals surface area contributed by atoms with E-state index in [1.54, 1.807) is 0 Å². The van der Waals surface area contributed by atoms with Crippen LogP contribution in [0.1, 0.15) is 58.3 Å². The van der Waals surface area contributed by atoms with Crippen LogP contribution < -0.4 is 0 Å². The molecule has 0 amide bonds. The molecule has 107 valence electrons. The molecule has 0 saturated carbocycles. The molecule has 0 heterocycles. The SMILES string of the molecule is CCCCCCCCOC(=O)[C@H](O)CCC(=O)O.[Na]. The number of carbonyl (C=O) groups is 2. The number of aliphatic hydroxyl groups is 1. The molecule has 0 aromatic heterocycles. The van der Waals surface area contributed by atoms with Crippen LogP contribution >= 0.6 is 0 Å². The topological polar surface area (TPSA) is 83.8 Å². The van der Waals surface area contributed by atoms with Gasteiger partial charge in [0.2, 0.25) is 0 Å². The van der Waals surface area contributed by atoms with E-state index in [1.807, 2.05) is 0 Å². The Balaban J connectivity index is 0. The van der Waals surface area contributed by atoms with E-state index in [4.69, 9.17) is 9.84 Å². The van der Waals surface area contributed by atoms with Crippen LogP contribution in [-0.4, -0.2) is 64.4 Å². The summed E-state index contributed by atoms with van der Waals surface area (Å²) in [4.78, 5) is 21.5. The average Bonchev–Trinajstić information content (AvgIpc) is 2.34. The maximum Gasteiger partial charge on any atom is 0.334 e. The molecule has 5 nitrogen and oxygen atoms in total. The van der Waals surface area contributed by atoms with Gasteiger partial charge in [0.1, 0.15) is 0 Å². The molecule has 1 radical (unpaired) electrons. The fourth-order valence-corrected chi connectivity index (χ4v) is 1.53. The number of carbonyl (C=O) groups excluding carboxylic acids is 1. The molecule has 0 aliphatic rings. The number of unbranched alkanes of at least 4 members (excludes halogenated alkanes) is 5. The Morgan fingerprint density at radius 1 is 1.11 bits per heavy atom.